The number of carbonyl (C=O) groups excluding carboxylic acids is 2. The van der Waals surface area contributed by atoms with Crippen LogP contribution in [0.1, 0.15) is 85.5 Å². The zero-order valence-electron chi connectivity index (χ0n) is 32.0. The maximum absolute atomic E-state index is 14.6. The van der Waals surface area contributed by atoms with Crippen molar-refractivity contribution in [3.8, 4) is 0 Å². The van der Waals surface area contributed by atoms with Gasteiger partial charge in [-0.1, -0.05) is 32.1 Å². The van der Waals surface area contributed by atoms with Crippen LogP contribution in [0, 0.1) is 35.5 Å². The predicted octanol–water partition coefficient (Wildman–Crippen LogP) is 5.15. The Morgan fingerprint density at radius 3 is 2.29 bits per heavy atom. The summed E-state index contributed by atoms with van der Waals surface area (Å²) in [7, 11) is 6.93. The second-order valence-corrected chi connectivity index (χ2v) is 15.9. The number of nitrogens with one attached hydrogen (secondary N) is 1. The van der Waals surface area contributed by atoms with E-state index >= 15 is 0 Å². The van der Waals surface area contributed by atoms with Gasteiger partial charge >= 0.3 is 5.97 Å². The Morgan fingerprint density at radius 2 is 1.61 bits per heavy atom. The third-order valence-corrected chi connectivity index (χ3v) is 13.0. The molecule has 3 heterocycles. The van der Waals surface area contributed by atoms with Crippen molar-refractivity contribution in [1.82, 2.24) is 5.32 Å². The van der Waals surface area contributed by atoms with Crippen LogP contribution in [-0.4, -0.2) is 108 Å². The summed E-state index contributed by atoms with van der Waals surface area (Å²) in [5, 5.41) is 3.34. The largest absolute Gasteiger partial charge is 0.462 e. The maximum Gasteiger partial charge on any atom is 0.306 e. The van der Waals surface area contributed by atoms with Crippen molar-refractivity contribution in [2.24, 2.45) is 35.5 Å². The molecule has 17 atom stereocenters. The molecule has 0 bridgehead atoms. The smallest absolute Gasteiger partial charge is 0.306 e. The summed E-state index contributed by atoms with van der Waals surface area (Å²) in [4.78, 5) is 28.1. The van der Waals surface area contributed by atoms with Crippen LogP contribution in [0.3, 0.4) is 0 Å². The van der Waals surface area contributed by atoms with Crippen LogP contribution in [0.4, 0.5) is 0 Å². The van der Waals surface area contributed by atoms with Gasteiger partial charge in [-0.3, -0.25) is 9.59 Å². The minimum absolute atomic E-state index is 0.0241. The van der Waals surface area contributed by atoms with Crippen molar-refractivity contribution in [3.05, 3.63) is 23.8 Å². The van der Waals surface area contributed by atoms with E-state index in [1.165, 1.54) is 0 Å². The number of allylic oxidation sites excluding steroid dienone is 4. The maximum atomic E-state index is 14.6. The first-order valence-corrected chi connectivity index (χ1v) is 19.6. The molecule has 5 unspecified atom stereocenters. The monoisotopic (exact) mass is 717 g/mol. The van der Waals surface area contributed by atoms with E-state index in [4.69, 9.17) is 37.9 Å². The molecule has 11 heteroatoms. The number of rotatable bonds is 9. The molecule has 6 aliphatic rings. The Balaban J connectivity index is 1.21. The number of carbonyl (C=O) groups is 2. The van der Waals surface area contributed by atoms with Gasteiger partial charge in [-0.2, -0.15) is 0 Å². The molecular weight excluding hydrogens is 654 g/mol. The average molecular weight is 718 g/mol. The van der Waals surface area contributed by atoms with Crippen molar-refractivity contribution in [2.45, 2.75) is 153 Å². The van der Waals surface area contributed by atoms with Crippen LogP contribution in [0.15, 0.2) is 23.8 Å². The summed E-state index contributed by atoms with van der Waals surface area (Å²) < 4.78 is 49.4. The van der Waals surface area contributed by atoms with Crippen LogP contribution in [0.25, 0.3) is 0 Å². The summed E-state index contributed by atoms with van der Waals surface area (Å²) in [6.07, 6.45) is 10.8. The molecule has 3 aliphatic heterocycles. The molecule has 288 valence electrons. The van der Waals surface area contributed by atoms with Crippen molar-refractivity contribution in [1.29, 1.82) is 0 Å². The van der Waals surface area contributed by atoms with Crippen LogP contribution >= 0.6 is 0 Å². The quantitative estimate of drug-likeness (QED) is 0.252. The van der Waals surface area contributed by atoms with Crippen molar-refractivity contribution in [2.75, 3.05) is 28.4 Å². The Labute approximate surface area is 304 Å². The molecule has 3 aliphatic carbocycles. The fourth-order valence-corrected chi connectivity index (χ4v) is 10.1. The number of Topliss-reactive ketones (excluding diaryl/α,β-unsaturated/α-hetero) is 1. The Bertz CT molecular complexity index is 1260. The zero-order chi connectivity index (χ0) is 36.4. The van der Waals surface area contributed by atoms with Gasteiger partial charge in [0.25, 0.3) is 0 Å². The second-order valence-electron chi connectivity index (χ2n) is 15.9. The molecule has 4 fully saturated rings. The van der Waals surface area contributed by atoms with Crippen LogP contribution in [-0.2, 0) is 47.5 Å². The van der Waals surface area contributed by atoms with Gasteiger partial charge in [0.2, 0.25) is 0 Å². The van der Waals surface area contributed by atoms with E-state index in [1.807, 2.05) is 20.9 Å². The third kappa shape index (κ3) is 8.21. The summed E-state index contributed by atoms with van der Waals surface area (Å²) >= 11 is 0. The Hall–Kier alpha value is -1.70. The Morgan fingerprint density at radius 1 is 0.843 bits per heavy atom. The first kappa shape index (κ1) is 39.0. The lowest BCUT2D eigenvalue weighted by atomic mass is 9.70. The van der Waals surface area contributed by atoms with Gasteiger partial charge < -0.3 is 43.2 Å². The first-order chi connectivity index (χ1) is 24.6. The van der Waals surface area contributed by atoms with Crippen molar-refractivity contribution < 1.29 is 47.5 Å². The molecule has 1 saturated carbocycles. The first-order valence-electron chi connectivity index (χ1n) is 19.6. The lowest BCUT2D eigenvalue weighted by Gasteiger charge is -2.44. The van der Waals surface area contributed by atoms with Gasteiger partial charge in [0, 0.05) is 39.2 Å². The number of likely N-dealkylation sites (N-methyl/N-ethyl adjacent to an activating group) is 1. The van der Waals surface area contributed by atoms with E-state index in [0.717, 1.165) is 50.5 Å². The predicted molar refractivity (Wildman–Crippen MR) is 190 cm³/mol. The van der Waals surface area contributed by atoms with Crippen LogP contribution in [0.2, 0.25) is 0 Å². The number of fused-ring (bicyclic) bond motifs is 5. The average Bonchev–Trinajstić information content (AvgIpc) is 3.70. The standard InChI is InChI=1S/C40H63NO10/c1-9-25-11-10-12-33(51-35-16-15-32(41-5)22(3)47-35)21(2)36(43)31-19-29-27(30(31)20-34(42)49-25)14-13-24-17-26(18-28(24)29)50-40-39(46-8)38(45-7)37(44-6)23(4)48-40/h13-14,19,21-30,32-33,35,37-41H,9-12,15-18,20H2,1-8H3/t21-,22?,23?,24?,25+,26-,27?,28-,29-,30+,32+,33+,35+,37+,38?,39+,40+/m1/s1. The number of methoxy groups -OCH3 is 3. The molecule has 0 radical (unpaired) electrons. The highest BCUT2D eigenvalue weighted by atomic mass is 16.7. The number of ether oxygens (including phenoxy) is 8. The molecule has 0 spiro atoms. The van der Waals surface area contributed by atoms with Gasteiger partial charge in [-0.25, -0.2) is 0 Å². The number of hydrogen-bond acceptors (Lipinski definition) is 11. The van der Waals surface area contributed by atoms with Crippen LogP contribution in [0.5, 0.6) is 0 Å². The van der Waals surface area contributed by atoms with Crippen LogP contribution < -0.4 is 5.32 Å². The van der Waals surface area contributed by atoms with Gasteiger partial charge in [0.05, 0.1) is 30.8 Å². The van der Waals surface area contributed by atoms with Crippen molar-refractivity contribution in [3.63, 3.8) is 0 Å². The number of hydrogen-bond donors (Lipinski definition) is 1. The second kappa shape index (κ2) is 17.2. The zero-order valence-corrected chi connectivity index (χ0v) is 32.0. The molecule has 3 saturated heterocycles. The molecule has 6 rings (SSSR count). The van der Waals surface area contributed by atoms with Gasteiger partial charge in [0.1, 0.15) is 24.4 Å². The molecule has 51 heavy (non-hydrogen) atoms. The van der Waals surface area contributed by atoms with Gasteiger partial charge in [-0.05, 0) is 102 Å². The van der Waals surface area contributed by atoms with E-state index in [1.54, 1.807) is 21.3 Å². The van der Waals surface area contributed by atoms with E-state index in [0.29, 0.717) is 12.3 Å². The normalized spacial score (nSPS) is 46.3. The highest BCUT2D eigenvalue weighted by Gasteiger charge is 2.52. The van der Waals surface area contributed by atoms with Gasteiger partial charge in [0.15, 0.2) is 18.4 Å². The van der Waals surface area contributed by atoms with E-state index in [-0.39, 0.29) is 103 Å². The van der Waals surface area contributed by atoms with E-state index in [9.17, 15) is 9.59 Å². The topological polar surface area (TPSA) is 120 Å². The molecule has 0 aromatic rings. The van der Waals surface area contributed by atoms with Gasteiger partial charge in [-0.15, -0.1) is 0 Å². The van der Waals surface area contributed by atoms with Crippen molar-refractivity contribution >= 4 is 11.8 Å². The molecule has 0 aromatic heterocycles. The van der Waals surface area contributed by atoms with E-state index in [2.05, 4.69) is 37.4 Å². The van der Waals surface area contributed by atoms with E-state index < -0.39 is 12.4 Å². The number of ketones is 1. The number of esters is 1. The molecule has 0 aromatic carbocycles. The summed E-state index contributed by atoms with van der Waals surface area (Å²) in [5.74, 6) is 0.0185. The fourth-order valence-electron chi connectivity index (χ4n) is 10.1. The minimum Gasteiger partial charge on any atom is -0.462 e. The highest BCUT2D eigenvalue weighted by Crippen LogP contribution is 2.54. The molecule has 1 N–H and O–H groups in total. The fraction of sp³-hybridized carbons (Fsp3) is 0.850. The third-order valence-electron chi connectivity index (χ3n) is 13.0. The molecule has 0 amide bonds. The lowest BCUT2D eigenvalue weighted by Crippen LogP contribution is -2.59. The Kier molecular flexibility index (Phi) is 13.1. The molecule has 11 nitrogen and oxygen atoms in total. The molecular formula is C40H63NO10. The highest BCUT2D eigenvalue weighted by molar-refractivity contribution is 5.99. The summed E-state index contributed by atoms with van der Waals surface area (Å²) in [6, 6.07) is 0.288. The summed E-state index contributed by atoms with van der Waals surface area (Å²) in [5.41, 5.74) is 0.761. The lowest BCUT2D eigenvalue weighted by molar-refractivity contribution is -0.314. The summed E-state index contributed by atoms with van der Waals surface area (Å²) in [6.45, 7) is 8.12. The SMILES string of the molecule is CC[C@H]1CCC[C@H](O[C@H]2CC[C@H](NC)C(C)O2)[C@@H](C)C(=O)C2=C[C@@H]3C(C=CC4C[C@@H](O[C@@H]5OC(C)[C@H](OC)C(OC)[C@@H]5OC)C[C@H]43)[C@@H]2CC(=O)O1. The minimum atomic E-state index is -0.593. The number of cyclic esters (lactones) is 1.